The van der Waals surface area contributed by atoms with Gasteiger partial charge in [-0.15, -0.1) is 0 Å². The van der Waals surface area contributed by atoms with Crippen LogP contribution in [0.25, 0.3) is 0 Å². The highest BCUT2D eigenvalue weighted by atomic mass is 35.5. The summed E-state index contributed by atoms with van der Waals surface area (Å²) in [5.74, 6) is -0.0786. The maximum absolute atomic E-state index is 12.8. The first-order valence-corrected chi connectivity index (χ1v) is 10.6. The Balaban J connectivity index is 1.74. The third kappa shape index (κ3) is 3.11. The van der Waals surface area contributed by atoms with Crippen molar-refractivity contribution >= 4 is 33.2 Å². The minimum Gasteiger partial charge on any atom is -0.302 e. The van der Waals surface area contributed by atoms with Gasteiger partial charge in [-0.3, -0.25) is 9.78 Å². The largest absolute Gasteiger partial charge is 0.302 e. The summed E-state index contributed by atoms with van der Waals surface area (Å²) in [5, 5.41) is 0.601. The van der Waals surface area contributed by atoms with Crippen LogP contribution in [0.3, 0.4) is 0 Å². The van der Waals surface area contributed by atoms with Gasteiger partial charge in [0.15, 0.2) is 0 Å². The minimum atomic E-state index is -3.33. The molecule has 1 aliphatic heterocycles. The molecule has 136 valence electrons. The quantitative estimate of drug-likeness (QED) is 0.872. The van der Waals surface area contributed by atoms with Crippen LogP contribution in [0.1, 0.15) is 45.9 Å². The third-order valence-electron chi connectivity index (χ3n) is 4.88. The number of sulfonamides is 1. The fourth-order valence-corrected chi connectivity index (χ4v) is 4.76. The van der Waals surface area contributed by atoms with Gasteiger partial charge in [0.1, 0.15) is 0 Å². The molecule has 1 amide bonds. The number of hydrogen-bond donors (Lipinski definition) is 1. The van der Waals surface area contributed by atoms with Gasteiger partial charge in [0.25, 0.3) is 5.91 Å². The number of benzene rings is 1. The van der Waals surface area contributed by atoms with E-state index in [1.54, 1.807) is 29.4 Å². The fraction of sp³-hybridized carbons (Fsp3) is 0.333. The van der Waals surface area contributed by atoms with Crippen molar-refractivity contribution in [2.45, 2.75) is 31.8 Å². The van der Waals surface area contributed by atoms with E-state index >= 15 is 0 Å². The lowest BCUT2D eigenvalue weighted by molar-refractivity contribution is 0.0996. The summed E-state index contributed by atoms with van der Waals surface area (Å²) in [7, 11) is -3.33. The van der Waals surface area contributed by atoms with Gasteiger partial charge in [-0.2, -0.15) is 0 Å². The molecule has 2 heterocycles. The minimum absolute atomic E-state index is 0.0786. The van der Waals surface area contributed by atoms with Crippen molar-refractivity contribution in [2.75, 3.05) is 11.2 Å². The lowest BCUT2D eigenvalue weighted by Gasteiger charge is -2.29. The molecular formula is C18H18ClN3O3S. The van der Waals surface area contributed by atoms with Crippen LogP contribution < -0.4 is 9.62 Å². The van der Waals surface area contributed by atoms with E-state index in [9.17, 15) is 13.2 Å². The number of pyridine rings is 1. The first kappa shape index (κ1) is 17.5. The number of carbonyl (C=O) groups excluding carboxylic acids is 1. The fourth-order valence-electron chi connectivity index (χ4n) is 3.80. The second kappa shape index (κ2) is 6.33. The molecule has 0 fully saturated rings. The number of nitrogens with zero attached hydrogens (tertiary/aromatic N) is 2. The van der Waals surface area contributed by atoms with Gasteiger partial charge in [0, 0.05) is 22.8 Å². The predicted molar refractivity (Wildman–Crippen MR) is 99.9 cm³/mol. The Morgan fingerprint density at radius 1 is 1.31 bits per heavy atom. The van der Waals surface area contributed by atoms with Crippen LogP contribution in [0.5, 0.6) is 0 Å². The van der Waals surface area contributed by atoms with Gasteiger partial charge in [0.2, 0.25) is 10.0 Å². The van der Waals surface area contributed by atoms with Gasteiger partial charge < -0.3 is 4.90 Å². The Morgan fingerprint density at radius 3 is 2.88 bits per heavy atom. The van der Waals surface area contributed by atoms with Crippen LogP contribution in [0.2, 0.25) is 5.02 Å². The molecule has 26 heavy (non-hydrogen) atoms. The second-order valence-corrected chi connectivity index (χ2v) is 8.97. The summed E-state index contributed by atoms with van der Waals surface area (Å²) in [4.78, 5) is 18.8. The number of aromatic nitrogens is 1. The van der Waals surface area contributed by atoms with Crippen molar-refractivity contribution < 1.29 is 13.2 Å². The molecule has 1 aromatic carbocycles. The van der Waals surface area contributed by atoms with Crippen LogP contribution >= 0.6 is 11.6 Å². The van der Waals surface area contributed by atoms with Crippen molar-refractivity contribution in [3.8, 4) is 0 Å². The highest BCUT2D eigenvalue weighted by molar-refractivity contribution is 7.88. The van der Waals surface area contributed by atoms with Gasteiger partial charge in [-0.1, -0.05) is 11.6 Å². The van der Waals surface area contributed by atoms with E-state index in [1.165, 1.54) is 0 Å². The average molecular weight is 392 g/mol. The second-order valence-electron chi connectivity index (χ2n) is 6.75. The summed E-state index contributed by atoms with van der Waals surface area (Å²) in [6.07, 6.45) is 6.89. The standard InChI is InChI=1S/C18H18ClN3O3S/c1-26(24,25)21-16-4-2-3-14-15(16)8-20-9-17(14)22-10-11-7-12(19)5-6-13(11)18(22)23/h5-9,16,21H,2-4,10H2,1H3/t16-/m0/s1. The molecule has 4 rings (SSSR count). The number of anilines is 1. The molecule has 0 radical (unpaired) electrons. The van der Waals surface area contributed by atoms with Crippen LogP contribution in [0.4, 0.5) is 5.69 Å². The number of carbonyl (C=O) groups is 1. The maximum atomic E-state index is 12.8. The number of nitrogens with one attached hydrogen (secondary N) is 1. The molecule has 1 atom stereocenters. The van der Waals surface area contributed by atoms with Gasteiger partial charge >= 0.3 is 0 Å². The van der Waals surface area contributed by atoms with Crippen LogP contribution in [0.15, 0.2) is 30.6 Å². The van der Waals surface area contributed by atoms with Crippen molar-refractivity contribution in [1.82, 2.24) is 9.71 Å². The van der Waals surface area contributed by atoms with E-state index in [4.69, 9.17) is 11.6 Å². The average Bonchev–Trinajstić information content (AvgIpc) is 2.89. The number of hydrogen-bond acceptors (Lipinski definition) is 4. The number of fused-ring (bicyclic) bond motifs is 2. The Kier molecular flexibility index (Phi) is 4.25. The SMILES string of the molecule is CS(=O)(=O)N[C@H]1CCCc2c1cncc2N1Cc2cc(Cl)ccc2C1=O. The molecule has 0 saturated heterocycles. The smallest absolute Gasteiger partial charge is 0.258 e. The van der Waals surface area contributed by atoms with E-state index in [2.05, 4.69) is 9.71 Å². The zero-order valence-corrected chi connectivity index (χ0v) is 15.8. The Morgan fingerprint density at radius 2 is 2.12 bits per heavy atom. The third-order valence-corrected chi connectivity index (χ3v) is 5.83. The molecule has 1 N–H and O–H groups in total. The van der Waals surface area contributed by atoms with E-state index < -0.39 is 10.0 Å². The van der Waals surface area contributed by atoms with Crippen molar-refractivity contribution in [3.05, 3.63) is 57.9 Å². The lowest BCUT2D eigenvalue weighted by Crippen LogP contribution is -2.32. The first-order valence-electron chi connectivity index (χ1n) is 8.38. The van der Waals surface area contributed by atoms with E-state index in [0.29, 0.717) is 17.1 Å². The summed E-state index contributed by atoms with van der Waals surface area (Å²) in [5.41, 5.74) is 4.12. The predicted octanol–water partition coefficient (Wildman–Crippen LogP) is 2.82. The summed E-state index contributed by atoms with van der Waals surface area (Å²) in [6.45, 7) is 0.441. The lowest BCUT2D eigenvalue weighted by atomic mass is 9.88. The summed E-state index contributed by atoms with van der Waals surface area (Å²) < 4.78 is 26.0. The molecule has 6 nitrogen and oxygen atoms in total. The molecule has 0 unspecified atom stereocenters. The van der Waals surface area contributed by atoms with Gasteiger partial charge in [-0.25, -0.2) is 13.1 Å². The van der Waals surface area contributed by atoms with Crippen LogP contribution in [0, 0.1) is 0 Å². The zero-order valence-electron chi connectivity index (χ0n) is 14.2. The molecule has 2 aromatic rings. The molecule has 0 bridgehead atoms. The zero-order chi connectivity index (χ0) is 18.5. The van der Waals surface area contributed by atoms with Crippen LogP contribution in [-0.2, 0) is 23.0 Å². The van der Waals surface area contributed by atoms with Crippen LogP contribution in [-0.4, -0.2) is 25.6 Å². The van der Waals surface area contributed by atoms with Crippen molar-refractivity contribution in [3.63, 3.8) is 0 Å². The number of amides is 1. The van der Waals surface area contributed by atoms with E-state index in [0.717, 1.165) is 47.9 Å². The molecule has 8 heteroatoms. The van der Waals surface area contributed by atoms with Gasteiger partial charge in [0.05, 0.1) is 24.7 Å². The monoisotopic (exact) mass is 391 g/mol. The Bertz CT molecular complexity index is 1010. The summed E-state index contributed by atoms with van der Waals surface area (Å²) >= 11 is 6.05. The highest BCUT2D eigenvalue weighted by Gasteiger charge is 2.33. The topological polar surface area (TPSA) is 79.4 Å². The first-order chi connectivity index (χ1) is 12.3. The maximum Gasteiger partial charge on any atom is 0.258 e. The van der Waals surface area contributed by atoms with E-state index in [-0.39, 0.29) is 11.9 Å². The van der Waals surface area contributed by atoms with Crippen molar-refractivity contribution in [1.29, 1.82) is 0 Å². The molecular weight excluding hydrogens is 374 g/mol. The molecule has 2 aliphatic rings. The van der Waals surface area contributed by atoms with Crippen molar-refractivity contribution in [2.24, 2.45) is 0 Å². The molecule has 1 aliphatic carbocycles. The number of halogens is 1. The molecule has 0 spiro atoms. The Hall–Kier alpha value is -1.96. The Labute approximate surface area is 157 Å². The van der Waals surface area contributed by atoms with Gasteiger partial charge in [-0.05, 0) is 54.2 Å². The molecule has 1 aromatic heterocycles. The summed E-state index contributed by atoms with van der Waals surface area (Å²) in [6, 6.07) is 4.96. The number of rotatable bonds is 3. The normalized spacial score (nSPS) is 19.4. The highest BCUT2D eigenvalue weighted by Crippen LogP contribution is 2.38. The molecule has 0 saturated carbocycles. The van der Waals surface area contributed by atoms with E-state index in [1.807, 2.05) is 6.07 Å².